The summed E-state index contributed by atoms with van der Waals surface area (Å²) in [4.78, 5) is 0. The van der Waals surface area contributed by atoms with Gasteiger partial charge in [0, 0.05) is 15.7 Å². The first-order valence-electron chi connectivity index (χ1n) is 6.29. The third kappa shape index (κ3) is 1.85. The smallest absolute Gasteiger partial charge is 0.149 e. The van der Waals surface area contributed by atoms with Crippen LogP contribution in [-0.4, -0.2) is 9.78 Å². The highest BCUT2D eigenvalue weighted by Crippen LogP contribution is 2.31. The Labute approximate surface area is 115 Å². The molecular formula is C14H16BrN3. The van der Waals surface area contributed by atoms with E-state index < -0.39 is 0 Å². The van der Waals surface area contributed by atoms with Crippen LogP contribution in [0, 0.1) is 6.92 Å². The SMILES string of the molecule is Cc1ccc(Br)c(-n2nc(N)c3c2CCCC3)c1. The van der Waals surface area contributed by atoms with Gasteiger partial charge in [-0.15, -0.1) is 0 Å². The lowest BCUT2D eigenvalue weighted by Gasteiger charge is -2.15. The lowest BCUT2D eigenvalue weighted by Crippen LogP contribution is -2.08. The van der Waals surface area contributed by atoms with Crippen LogP contribution in [0.3, 0.4) is 0 Å². The van der Waals surface area contributed by atoms with E-state index in [1.165, 1.54) is 29.7 Å². The number of aromatic nitrogens is 2. The average molecular weight is 306 g/mol. The Morgan fingerprint density at radius 2 is 2.06 bits per heavy atom. The third-order valence-electron chi connectivity index (χ3n) is 3.54. The molecule has 1 heterocycles. The molecule has 0 bridgehead atoms. The Morgan fingerprint density at radius 3 is 2.89 bits per heavy atom. The molecule has 3 rings (SSSR count). The second-order valence-corrected chi connectivity index (χ2v) is 5.74. The van der Waals surface area contributed by atoms with Gasteiger partial charge >= 0.3 is 0 Å². The van der Waals surface area contributed by atoms with Crippen molar-refractivity contribution < 1.29 is 0 Å². The summed E-state index contributed by atoms with van der Waals surface area (Å²) in [5, 5.41) is 4.53. The zero-order valence-electron chi connectivity index (χ0n) is 10.4. The Bertz CT molecular complexity index is 601. The summed E-state index contributed by atoms with van der Waals surface area (Å²) in [6.45, 7) is 2.09. The molecule has 3 nitrogen and oxygen atoms in total. The Morgan fingerprint density at radius 1 is 1.28 bits per heavy atom. The predicted molar refractivity (Wildman–Crippen MR) is 77.1 cm³/mol. The zero-order valence-corrected chi connectivity index (χ0v) is 12.0. The van der Waals surface area contributed by atoms with Gasteiger partial charge in [-0.25, -0.2) is 4.68 Å². The van der Waals surface area contributed by atoms with E-state index in [9.17, 15) is 0 Å². The number of nitrogens with two attached hydrogens (primary N) is 1. The maximum absolute atomic E-state index is 6.04. The highest BCUT2D eigenvalue weighted by molar-refractivity contribution is 9.10. The highest BCUT2D eigenvalue weighted by atomic mass is 79.9. The molecule has 94 valence electrons. The van der Waals surface area contributed by atoms with E-state index in [0.29, 0.717) is 5.82 Å². The van der Waals surface area contributed by atoms with Gasteiger partial charge in [0.25, 0.3) is 0 Å². The topological polar surface area (TPSA) is 43.8 Å². The van der Waals surface area contributed by atoms with Gasteiger partial charge in [0.15, 0.2) is 0 Å². The van der Waals surface area contributed by atoms with Gasteiger partial charge in [-0.05, 0) is 66.2 Å². The first-order valence-corrected chi connectivity index (χ1v) is 7.09. The van der Waals surface area contributed by atoms with Crippen LogP contribution >= 0.6 is 15.9 Å². The maximum atomic E-state index is 6.04. The van der Waals surface area contributed by atoms with Crippen LogP contribution in [0.1, 0.15) is 29.7 Å². The standard InChI is InChI=1S/C14H16BrN3/c1-9-6-7-11(15)13(8-9)18-12-5-3-2-4-10(12)14(16)17-18/h6-8H,2-5H2,1H3,(H2,16,17). The number of rotatable bonds is 1. The lowest BCUT2D eigenvalue weighted by molar-refractivity contribution is 0.653. The molecule has 1 aliphatic carbocycles. The predicted octanol–water partition coefficient (Wildman–Crippen LogP) is 3.40. The van der Waals surface area contributed by atoms with Crippen LogP contribution in [-0.2, 0) is 12.8 Å². The second-order valence-electron chi connectivity index (χ2n) is 4.88. The van der Waals surface area contributed by atoms with Crippen LogP contribution < -0.4 is 5.73 Å². The molecule has 0 saturated carbocycles. The number of nitrogen functional groups attached to an aromatic ring is 1. The molecule has 2 N–H and O–H groups in total. The summed E-state index contributed by atoms with van der Waals surface area (Å²) in [7, 11) is 0. The summed E-state index contributed by atoms with van der Waals surface area (Å²) in [5.74, 6) is 0.693. The van der Waals surface area contributed by atoms with Crippen molar-refractivity contribution in [1.82, 2.24) is 9.78 Å². The highest BCUT2D eigenvalue weighted by Gasteiger charge is 2.20. The summed E-state index contributed by atoms with van der Waals surface area (Å²) >= 11 is 3.60. The maximum Gasteiger partial charge on any atom is 0.149 e. The fourth-order valence-corrected chi connectivity index (χ4v) is 3.03. The molecule has 0 aliphatic heterocycles. The normalized spacial score (nSPS) is 14.6. The van der Waals surface area contributed by atoms with Gasteiger partial charge in [-0.3, -0.25) is 0 Å². The van der Waals surface area contributed by atoms with Crippen molar-refractivity contribution in [2.24, 2.45) is 0 Å². The molecule has 18 heavy (non-hydrogen) atoms. The van der Waals surface area contributed by atoms with Gasteiger partial charge in [0.1, 0.15) is 5.82 Å². The van der Waals surface area contributed by atoms with Crippen LogP contribution in [0.4, 0.5) is 5.82 Å². The van der Waals surface area contributed by atoms with Crippen molar-refractivity contribution >= 4 is 21.7 Å². The van der Waals surface area contributed by atoms with Crippen molar-refractivity contribution in [3.63, 3.8) is 0 Å². The lowest BCUT2D eigenvalue weighted by atomic mass is 9.97. The molecule has 0 fully saturated rings. The summed E-state index contributed by atoms with van der Waals surface area (Å²) < 4.78 is 3.07. The van der Waals surface area contributed by atoms with Gasteiger partial charge in [0.2, 0.25) is 0 Å². The first kappa shape index (κ1) is 11.8. The van der Waals surface area contributed by atoms with E-state index in [4.69, 9.17) is 5.73 Å². The van der Waals surface area contributed by atoms with E-state index in [1.54, 1.807) is 0 Å². The minimum atomic E-state index is 0.693. The fourth-order valence-electron chi connectivity index (χ4n) is 2.61. The van der Waals surface area contributed by atoms with E-state index in [1.807, 2.05) is 4.68 Å². The third-order valence-corrected chi connectivity index (χ3v) is 4.21. The number of hydrogen-bond acceptors (Lipinski definition) is 2. The van der Waals surface area contributed by atoms with E-state index >= 15 is 0 Å². The molecular weight excluding hydrogens is 290 g/mol. The number of benzene rings is 1. The minimum absolute atomic E-state index is 0.693. The molecule has 0 spiro atoms. The zero-order chi connectivity index (χ0) is 12.7. The number of aryl methyl sites for hydroxylation is 1. The van der Waals surface area contributed by atoms with Gasteiger partial charge in [-0.1, -0.05) is 6.07 Å². The molecule has 1 aliphatic rings. The van der Waals surface area contributed by atoms with E-state index in [0.717, 1.165) is 23.0 Å². The van der Waals surface area contributed by atoms with Gasteiger partial charge in [0.05, 0.1) is 5.69 Å². The van der Waals surface area contributed by atoms with Crippen molar-refractivity contribution in [1.29, 1.82) is 0 Å². The quantitative estimate of drug-likeness (QED) is 0.877. The molecule has 0 unspecified atom stereocenters. The van der Waals surface area contributed by atoms with Crippen LogP contribution in [0.2, 0.25) is 0 Å². The van der Waals surface area contributed by atoms with E-state index in [-0.39, 0.29) is 0 Å². The van der Waals surface area contributed by atoms with Gasteiger partial charge < -0.3 is 5.73 Å². The van der Waals surface area contributed by atoms with Crippen molar-refractivity contribution in [3.8, 4) is 5.69 Å². The Hall–Kier alpha value is -1.29. The Kier molecular flexibility index (Phi) is 2.90. The summed E-state index contributed by atoms with van der Waals surface area (Å²) in [5.41, 5.74) is 10.9. The van der Waals surface area contributed by atoms with Crippen molar-refractivity contribution in [3.05, 3.63) is 39.5 Å². The molecule has 1 aromatic carbocycles. The van der Waals surface area contributed by atoms with Gasteiger partial charge in [-0.2, -0.15) is 5.10 Å². The number of fused-ring (bicyclic) bond motifs is 1. The number of hydrogen-bond donors (Lipinski definition) is 1. The number of anilines is 1. The molecule has 0 saturated heterocycles. The second kappa shape index (κ2) is 4.43. The minimum Gasteiger partial charge on any atom is -0.382 e. The average Bonchev–Trinajstić information content (AvgIpc) is 2.71. The molecule has 2 aromatic rings. The van der Waals surface area contributed by atoms with E-state index in [2.05, 4.69) is 46.2 Å². The Balaban J connectivity index is 2.20. The molecule has 0 radical (unpaired) electrons. The molecule has 1 aromatic heterocycles. The number of halogens is 1. The summed E-state index contributed by atoms with van der Waals surface area (Å²) in [6, 6.07) is 6.30. The van der Waals surface area contributed by atoms with Crippen LogP contribution in [0.5, 0.6) is 0 Å². The number of nitrogens with zero attached hydrogens (tertiary/aromatic N) is 2. The monoisotopic (exact) mass is 305 g/mol. The molecule has 0 atom stereocenters. The fraction of sp³-hybridized carbons (Fsp3) is 0.357. The van der Waals surface area contributed by atoms with Crippen LogP contribution in [0.25, 0.3) is 5.69 Å². The largest absolute Gasteiger partial charge is 0.382 e. The molecule has 4 heteroatoms. The first-order chi connectivity index (χ1) is 8.66. The van der Waals surface area contributed by atoms with Crippen LogP contribution in [0.15, 0.2) is 22.7 Å². The summed E-state index contributed by atoms with van der Waals surface area (Å²) in [6.07, 6.45) is 4.57. The van der Waals surface area contributed by atoms with Crippen molar-refractivity contribution in [2.45, 2.75) is 32.6 Å². The molecule has 0 amide bonds. The van der Waals surface area contributed by atoms with Crippen molar-refractivity contribution in [2.75, 3.05) is 5.73 Å².